The maximum atomic E-state index is 11.3. The predicted octanol–water partition coefficient (Wildman–Crippen LogP) is 1.72. The second-order valence-electron chi connectivity index (χ2n) is 6.52. The molecule has 0 spiro atoms. The van der Waals surface area contributed by atoms with Crippen LogP contribution in [0.5, 0.6) is 0 Å². The molecule has 1 heterocycles. The smallest absolute Gasteiger partial charge is 0.248 e. The quantitative estimate of drug-likeness (QED) is 0.519. The largest absolute Gasteiger partial charge is 0.366 e. The van der Waals surface area contributed by atoms with E-state index in [0.717, 1.165) is 44.0 Å². The number of nitrogens with two attached hydrogens (primary N) is 1. The highest BCUT2D eigenvalue weighted by Gasteiger charge is 2.19. The zero-order valence-electron chi connectivity index (χ0n) is 15.4. The fourth-order valence-electron chi connectivity index (χ4n) is 3.12. The van der Waals surface area contributed by atoms with Gasteiger partial charge >= 0.3 is 0 Å². The van der Waals surface area contributed by atoms with Crippen LogP contribution in [-0.4, -0.2) is 49.0 Å². The molecule has 1 fully saturated rings. The van der Waals surface area contributed by atoms with Crippen molar-refractivity contribution in [2.24, 2.45) is 10.7 Å². The normalized spacial score (nSPS) is 16.6. The molecule has 0 bridgehead atoms. The summed E-state index contributed by atoms with van der Waals surface area (Å²) in [6, 6.07) is 7.79. The molecule has 1 aliphatic heterocycles. The lowest BCUT2D eigenvalue weighted by atomic mass is 10.1. The minimum absolute atomic E-state index is 0.408. The number of benzene rings is 1. The van der Waals surface area contributed by atoms with Gasteiger partial charge in [-0.25, -0.2) is 4.99 Å². The second kappa shape index (κ2) is 10.0. The molecule has 138 valence electrons. The van der Waals surface area contributed by atoms with Gasteiger partial charge in [0.25, 0.3) is 0 Å². The van der Waals surface area contributed by atoms with E-state index in [2.05, 4.69) is 34.4 Å². The Kier molecular flexibility index (Phi) is 7.73. The minimum Gasteiger partial charge on any atom is -0.366 e. The highest BCUT2D eigenvalue weighted by Crippen LogP contribution is 2.11. The Morgan fingerprint density at radius 2 is 2.08 bits per heavy atom. The summed E-state index contributed by atoms with van der Waals surface area (Å²) in [4.78, 5) is 18.5. The summed E-state index contributed by atoms with van der Waals surface area (Å²) in [6.07, 6.45) is 3.50. The molecule has 0 atom stereocenters. The summed E-state index contributed by atoms with van der Waals surface area (Å²) < 4.78 is 0. The topological polar surface area (TPSA) is 82.8 Å². The molecule has 25 heavy (non-hydrogen) atoms. The molecule has 0 saturated carbocycles. The first kappa shape index (κ1) is 19.2. The van der Waals surface area contributed by atoms with Crippen molar-refractivity contribution in [3.8, 4) is 0 Å². The van der Waals surface area contributed by atoms with Gasteiger partial charge in [-0.1, -0.05) is 19.1 Å². The SMILES string of the molecule is CCCN1CCC(NC(=NCc2cccc(C(N)=O)c2)NCC)CC1. The van der Waals surface area contributed by atoms with Gasteiger partial charge in [-0.2, -0.15) is 0 Å². The van der Waals surface area contributed by atoms with Crippen LogP contribution in [0.15, 0.2) is 29.3 Å². The van der Waals surface area contributed by atoms with Crippen molar-refractivity contribution in [3.63, 3.8) is 0 Å². The Labute approximate surface area is 150 Å². The first-order valence-corrected chi connectivity index (χ1v) is 9.28. The number of hydrogen-bond donors (Lipinski definition) is 3. The van der Waals surface area contributed by atoms with E-state index in [0.29, 0.717) is 18.2 Å². The summed E-state index contributed by atoms with van der Waals surface area (Å²) in [6.45, 7) is 9.11. The highest BCUT2D eigenvalue weighted by molar-refractivity contribution is 5.92. The van der Waals surface area contributed by atoms with Gasteiger partial charge in [0.1, 0.15) is 0 Å². The summed E-state index contributed by atoms with van der Waals surface area (Å²) in [5, 5.41) is 6.86. The van der Waals surface area contributed by atoms with Crippen LogP contribution >= 0.6 is 0 Å². The van der Waals surface area contributed by atoms with E-state index < -0.39 is 5.91 Å². The van der Waals surface area contributed by atoms with Gasteiger partial charge in [0.05, 0.1) is 6.54 Å². The van der Waals surface area contributed by atoms with Gasteiger partial charge in [-0.15, -0.1) is 0 Å². The third-order valence-corrected chi connectivity index (χ3v) is 4.44. The van der Waals surface area contributed by atoms with Gasteiger partial charge in [0.15, 0.2) is 5.96 Å². The van der Waals surface area contributed by atoms with Crippen molar-refractivity contribution in [3.05, 3.63) is 35.4 Å². The van der Waals surface area contributed by atoms with E-state index in [1.165, 1.54) is 13.0 Å². The second-order valence-corrected chi connectivity index (χ2v) is 6.52. The molecule has 4 N–H and O–H groups in total. The molecule has 0 radical (unpaired) electrons. The van der Waals surface area contributed by atoms with Gasteiger partial charge < -0.3 is 21.3 Å². The average Bonchev–Trinajstić information content (AvgIpc) is 2.62. The molecule has 0 aromatic heterocycles. The van der Waals surface area contributed by atoms with Gasteiger partial charge in [0.2, 0.25) is 5.91 Å². The number of likely N-dealkylation sites (tertiary alicyclic amines) is 1. The van der Waals surface area contributed by atoms with E-state index >= 15 is 0 Å². The Hall–Kier alpha value is -2.08. The maximum absolute atomic E-state index is 11.3. The van der Waals surface area contributed by atoms with Crippen LogP contribution in [-0.2, 0) is 6.54 Å². The number of nitrogens with zero attached hydrogens (tertiary/aromatic N) is 2. The fourth-order valence-corrected chi connectivity index (χ4v) is 3.12. The molecule has 1 aromatic rings. The van der Waals surface area contributed by atoms with E-state index in [1.54, 1.807) is 12.1 Å². The summed E-state index contributed by atoms with van der Waals surface area (Å²) in [7, 11) is 0. The van der Waals surface area contributed by atoms with Crippen molar-refractivity contribution < 1.29 is 4.79 Å². The summed E-state index contributed by atoms with van der Waals surface area (Å²) >= 11 is 0. The van der Waals surface area contributed by atoms with Crippen molar-refractivity contribution in [1.29, 1.82) is 0 Å². The number of piperidine rings is 1. The van der Waals surface area contributed by atoms with Crippen LogP contribution in [0, 0.1) is 0 Å². The third kappa shape index (κ3) is 6.38. The molecule has 1 saturated heterocycles. The molecule has 0 aliphatic carbocycles. The van der Waals surface area contributed by atoms with Crippen molar-refractivity contribution in [1.82, 2.24) is 15.5 Å². The molecule has 1 aliphatic rings. The van der Waals surface area contributed by atoms with Crippen molar-refractivity contribution >= 4 is 11.9 Å². The fraction of sp³-hybridized carbons (Fsp3) is 0.579. The molecule has 6 nitrogen and oxygen atoms in total. The number of amides is 1. The van der Waals surface area contributed by atoms with Gasteiger partial charge in [-0.3, -0.25) is 4.79 Å². The van der Waals surface area contributed by atoms with E-state index in [-0.39, 0.29) is 0 Å². The standard InChI is InChI=1S/C19H31N5O/c1-3-10-24-11-8-17(9-12-24)23-19(21-4-2)22-14-15-6-5-7-16(13-15)18(20)25/h5-7,13,17H,3-4,8-12,14H2,1-2H3,(H2,20,25)(H2,21,22,23). The average molecular weight is 345 g/mol. The van der Waals surface area contributed by atoms with E-state index in [9.17, 15) is 4.79 Å². The number of primary amides is 1. The van der Waals surface area contributed by atoms with Crippen molar-refractivity contribution in [2.45, 2.75) is 45.7 Å². The third-order valence-electron chi connectivity index (χ3n) is 4.44. The molecule has 1 amide bonds. The molecular weight excluding hydrogens is 314 g/mol. The zero-order chi connectivity index (χ0) is 18.1. The first-order chi connectivity index (χ1) is 12.1. The molecular formula is C19H31N5O. The molecule has 1 aromatic carbocycles. The Balaban J connectivity index is 1.92. The van der Waals surface area contributed by atoms with Crippen LogP contribution in [0.1, 0.15) is 49.0 Å². The zero-order valence-corrected chi connectivity index (χ0v) is 15.4. The van der Waals surface area contributed by atoms with Crippen LogP contribution < -0.4 is 16.4 Å². The number of carbonyl (C=O) groups is 1. The molecule has 6 heteroatoms. The Bertz CT molecular complexity index is 579. The number of guanidine groups is 1. The lowest BCUT2D eigenvalue weighted by Crippen LogP contribution is -2.48. The van der Waals surface area contributed by atoms with E-state index in [1.807, 2.05) is 12.1 Å². The van der Waals surface area contributed by atoms with Crippen LogP contribution in [0.4, 0.5) is 0 Å². The lowest BCUT2D eigenvalue weighted by molar-refractivity contribution is 0.1000. The van der Waals surface area contributed by atoms with Gasteiger partial charge in [0, 0.05) is 31.2 Å². The van der Waals surface area contributed by atoms with Crippen LogP contribution in [0.2, 0.25) is 0 Å². The number of carbonyl (C=O) groups excluding carboxylic acids is 1. The highest BCUT2D eigenvalue weighted by atomic mass is 16.1. The van der Waals surface area contributed by atoms with E-state index in [4.69, 9.17) is 5.73 Å². The molecule has 0 unspecified atom stereocenters. The lowest BCUT2D eigenvalue weighted by Gasteiger charge is -2.32. The summed E-state index contributed by atoms with van der Waals surface area (Å²) in [5.41, 5.74) is 6.84. The first-order valence-electron chi connectivity index (χ1n) is 9.28. The number of nitrogens with one attached hydrogen (secondary N) is 2. The molecule has 2 rings (SSSR count). The Morgan fingerprint density at radius 1 is 1.32 bits per heavy atom. The number of rotatable bonds is 7. The summed E-state index contributed by atoms with van der Waals surface area (Å²) in [5.74, 6) is 0.426. The number of hydrogen-bond acceptors (Lipinski definition) is 3. The van der Waals surface area contributed by atoms with Crippen LogP contribution in [0.25, 0.3) is 0 Å². The van der Waals surface area contributed by atoms with Crippen LogP contribution in [0.3, 0.4) is 0 Å². The Morgan fingerprint density at radius 3 is 2.72 bits per heavy atom. The monoisotopic (exact) mass is 345 g/mol. The van der Waals surface area contributed by atoms with Gasteiger partial charge in [-0.05, 0) is 50.4 Å². The van der Waals surface area contributed by atoms with Crippen molar-refractivity contribution in [2.75, 3.05) is 26.2 Å². The number of aliphatic imine (C=N–C) groups is 1. The minimum atomic E-state index is -0.408. The maximum Gasteiger partial charge on any atom is 0.248 e. The predicted molar refractivity (Wildman–Crippen MR) is 103 cm³/mol.